The molecule has 0 nitrogen and oxygen atoms in total. The number of fused-ring (bicyclic) bond motifs is 3. The van der Waals surface area contributed by atoms with Gasteiger partial charge in [0.25, 0.3) is 0 Å². The molecule has 264 valence electrons. The monoisotopic (exact) mass is 696 g/mol. The lowest BCUT2D eigenvalue weighted by atomic mass is 9.70. The lowest BCUT2D eigenvalue weighted by molar-refractivity contribution is 0.401. The fourth-order valence-electron chi connectivity index (χ4n) is 9.25. The minimum Gasteiger partial charge on any atom is -0.0654 e. The highest BCUT2D eigenvalue weighted by Gasteiger charge is 2.43. The van der Waals surface area contributed by atoms with E-state index in [0.717, 1.165) is 0 Å². The molecule has 0 aliphatic heterocycles. The van der Waals surface area contributed by atoms with Crippen molar-refractivity contribution in [2.24, 2.45) is 0 Å². The molecule has 0 atom stereocenters. The van der Waals surface area contributed by atoms with E-state index in [9.17, 15) is 0 Å². The molecule has 1 aliphatic rings. The number of aryl methyl sites for hydroxylation is 2. The van der Waals surface area contributed by atoms with Gasteiger partial charge in [0, 0.05) is 5.41 Å². The fraction of sp³-hybridized carbons (Fsp3) is 0.294. The van der Waals surface area contributed by atoms with Gasteiger partial charge < -0.3 is 0 Å². The summed E-state index contributed by atoms with van der Waals surface area (Å²) in [4.78, 5) is 0. The van der Waals surface area contributed by atoms with Gasteiger partial charge in [-0.2, -0.15) is 0 Å². The normalized spacial score (nSPS) is 13.2. The summed E-state index contributed by atoms with van der Waals surface area (Å²) in [5.41, 5.74) is 11.5. The van der Waals surface area contributed by atoms with Crippen LogP contribution in [0.1, 0.15) is 100 Å². The van der Waals surface area contributed by atoms with Crippen molar-refractivity contribution in [3.63, 3.8) is 0 Å². The van der Waals surface area contributed by atoms with Gasteiger partial charge in [-0.1, -0.05) is 216 Å². The first-order valence-corrected chi connectivity index (χ1v) is 22.1. The Labute approximate surface area is 315 Å². The van der Waals surface area contributed by atoms with Crippen LogP contribution >= 0.6 is 0 Å². The highest BCUT2D eigenvalue weighted by Crippen LogP contribution is 2.55. The van der Waals surface area contributed by atoms with Crippen LogP contribution in [0.4, 0.5) is 0 Å². The van der Waals surface area contributed by atoms with Crippen LogP contribution in [0, 0.1) is 13.8 Å². The van der Waals surface area contributed by atoms with Gasteiger partial charge in [0.05, 0.1) is 0 Å². The molecule has 7 rings (SSSR count). The second-order valence-electron chi connectivity index (χ2n) is 15.4. The fourth-order valence-corrected chi connectivity index (χ4v) is 14.0. The van der Waals surface area contributed by atoms with Gasteiger partial charge in [-0.3, -0.25) is 0 Å². The van der Waals surface area contributed by atoms with Crippen molar-refractivity contribution in [1.29, 1.82) is 0 Å². The molecule has 6 aromatic carbocycles. The second-order valence-corrected chi connectivity index (χ2v) is 19.2. The van der Waals surface area contributed by atoms with E-state index in [0.29, 0.717) is 0 Å². The predicted molar refractivity (Wildman–Crippen MR) is 229 cm³/mol. The first-order valence-electron chi connectivity index (χ1n) is 20.1. The zero-order valence-corrected chi connectivity index (χ0v) is 32.9. The van der Waals surface area contributed by atoms with Gasteiger partial charge in [0.1, 0.15) is 0 Å². The zero-order chi connectivity index (χ0) is 36.0. The average Bonchev–Trinajstić information content (AvgIpc) is 3.45. The summed E-state index contributed by atoms with van der Waals surface area (Å²) in [6.07, 6.45) is 12.9. The molecule has 0 aromatic heterocycles. The maximum Gasteiger partial charge on any atom is 0.179 e. The number of hydrogen-bond donors (Lipinski definition) is 0. The van der Waals surface area contributed by atoms with Crippen LogP contribution in [0.5, 0.6) is 0 Å². The molecule has 52 heavy (non-hydrogen) atoms. The third kappa shape index (κ3) is 6.77. The van der Waals surface area contributed by atoms with Crippen LogP contribution in [-0.4, -0.2) is 8.07 Å². The Morgan fingerprint density at radius 2 is 0.846 bits per heavy atom. The molecule has 0 heterocycles. The predicted octanol–water partition coefficient (Wildman–Crippen LogP) is 11.6. The Bertz CT molecular complexity index is 2000. The van der Waals surface area contributed by atoms with Crippen molar-refractivity contribution in [2.75, 3.05) is 0 Å². The van der Waals surface area contributed by atoms with Crippen LogP contribution in [0.2, 0.25) is 0 Å². The molecule has 0 unspecified atom stereocenters. The molecule has 0 fully saturated rings. The summed E-state index contributed by atoms with van der Waals surface area (Å²) in [5.74, 6) is 0. The van der Waals surface area contributed by atoms with Crippen LogP contribution in [0.3, 0.4) is 0 Å². The van der Waals surface area contributed by atoms with Gasteiger partial charge in [-0.15, -0.1) is 0 Å². The number of hydrogen-bond acceptors (Lipinski definition) is 0. The third-order valence-corrected chi connectivity index (χ3v) is 16.8. The zero-order valence-electron chi connectivity index (χ0n) is 31.9. The molecule has 1 heteroatoms. The molecular weight excluding hydrogens is 641 g/mol. The highest BCUT2D eigenvalue weighted by atomic mass is 28.3. The van der Waals surface area contributed by atoms with Crippen molar-refractivity contribution in [1.82, 2.24) is 0 Å². The first-order chi connectivity index (χ1) is 25.5. The van der Waals surface area contributed by atoms with E-state index in [1.165, 1.54) is 118 Å². The summed E-state index contributed by atoms with van der Waals surface area (Å²) < 4.78 is 0. The molecule has 0 spiro atoms. The topological polar surface area (TPSA) is 0 Å². The molecular formula is C51H56Si. The molecule has 0 saturated heterocycles. The van der Waals surface area contributed by atoms with Gasteiger partial charge in [-0.25, -0.2) is 0 Å². The van der Waals surface area contributed by atoms with E-state index in [2.05, 4.69) is 173 Å². The summed E-state index contributed by atoms with van der Waals surface area (Å²) >= 11 is 0. The Morgan fingerprint density at radius 1 is 0.404 bits per heavy atom. The van der Waals surface area contributed by atoms with Crippen molar-refractivity contribution in [3.05, 3.63) is 168 Å². The molecule has 0 bridgehead atoms. The van der Waals surface area contributed by atoms with Gasteiger partial charge in [0.15, 0.2) is 8.07 Å². The van der Waals surface area contributed by atoms with E-state index in [1.54, 1.807) is 11.1 Å². The Morgan fingerprint density at radius 3 is 1.38 bits per heavy atom. The van der Waals surface area contributed by atoms with Crippen LogP contribution in [0.15, 0.2) is 146 Å². The highest BCUT2D eigenvalue weighted by molar-refractivity contribution is 7.19. The van der Waals surface area contributed by atoms with Crippen LogP contribution in [-0.2, 0) is 5.41 Å². The van der Waals surface area contributed by atoms with E-state index in [4.69, 9.17) is 0 Å². The summed E-state index contributed by atoms with van der Waals surface area (Å²) in [5, 5.41) is 5.67. The number of benzene rings is 6. The van der Waals surface area contributed by atoms with Crippen LogP contribution in [0.25, 0.3) is 22.3 Å². The molecule has 1 aliphatic carbocycles. The Balaban J connectivity index is 1.35. The number of unbranched alkanes of at least 4 members (excludes halogenated alkanes) is 6. The average molecular weight is 697 g/mol. The van der Waals surface area contributed by atoms with Crippen molar-refractivity contribution in [3.8, 4) is 22.3 Å². The number of rotatable bonds is 15. The largest absolute Gasteiger partial charge is 0.179 e. The minimum absolute atomic E-state index is 0.0856. The Kier molecular flexibility index (Phi) is 11.1. The van der Waals surface area contributed by atoms with Crippen molar-refractivity contribution >= 4 is 28.8 Å². The molecule has 0 amide bonds. The van der Waals surface area contributed by atoms with Gasteiger partial charge in [-0.05, 0) is 86.9 Å². The van der Waals surface area contributed by atoms with E-state index < -0.39 is 8.07 Å². The summed E-state index contributed by atoms with van der Waals surface area (Å²) in [7, 11) is -2.58. The van der Waals surface area contributed by atoms with Crippen LogP contribution < -0.4 is 20.7 Å². The summed E-state index contributed by atoms with van der Waals surface area (Å²) in [6, 6.07) is 56.3. The van der Waals surface area contributed by atoms with Gasteiger partial charge >= 0.3 is 0 Å². The van der Waals surface area contributed by atoms with E-state index in [-0.39, 0.29) is 5.41 Å². The molecule has 0 N–H and O–H groups in total. The maximum absolute atomic E-state index is 2.60. The van der Waals surface area contributed by atoms with E-state index >= 15 is 0 Å². The second kappa shape index (κ2) is 16.1. The van der Waals surface area contributed by atoms with Crippen molar-refractivity contribution in [2.45, 2.75) is 97.3 Å². The minimum atomic E-state index is -2.58. The molecule has 6 aromatic rings. The standard InChI is InChI=1S/C51H56Si/c1-5-7-9-17-35-51(36-18-10-8-6-2)49-37-40(4)25-33-47(49)48-34-28-42(38-50(48)51)41-26-31-46(32-27-41)52(43-19-13-11-14-20-43,44-21-15-12-16-22-44)45-29-23-39(3)24-30-45/h11-16,19-34,37-38H,5-10,17-18,35-36H2,1-4H3. The smallest absolute Gasteiger partial charge is 0.0654 e. The Hall–Kier alpha value is -4.46. The first kappa shape index (κ1) is 35.9. The lowest BCUT2D eigenvalue weighted by Gasteiger charge is -2.34. The lowest BCUT2D eigenvalue weighted by Crippen LogP contribution is -2.74. The SMILES string of the molecule is CCCCCCC1(CCCCCC)c2cc(C)ccc2-c2ccc(-c3ccc([Si](c4ccccc4)(c4ccccc4)c4ccc(C)cc4)cc3)cc21. The summed E-state index contributed by atoms with van der Waals surface area (Å²) in [6.45, 7) is 9.12. The van der Waals surface area contributed by atoms with Gasteiger partial charge in [0.2, 0.25) is 0 Å². The quantitative estimate of drug-likeness (QED) is 0.0569. The van der Waals surface area contributed by atoms with Crippen molar-refractivity contribution < 1.29 is 0 Å². The molecule has 0 radical (unpaired) electrons. The van der Waals surface area contributed by atoms with E-state index in [1.807, 2.05) is 0 Å². The third-order valence-electron chi connectivity index (χ3n) is 12.0. The maximum atomic E-state index is 2.60. The molecule has 0 saturated carbocycles.